The first-order valence-corrected chi connectivity index (χ1v) is 21.9. The lowest BCUT2D eigenvalue weighted by Crippen LogP contribution is -2.14. The van der Waals surface area contributed by atoms with Crippen LogP contribution in [0.2, 0.25) is 0 Å². The van der Waals surface area contributed by atoms with E-state index in [1.165, 1.54) is 103 Å². The Bertz CT molecular complexity index is 705. The molecule has 0 N–H and O–H groups in total. The van der Waals surface area contributed by atoms with Crippen LogP contribution in [-0.2, 0) is 33.2 Å². The summed E-state index contributed by atoms with van der Waals surface area (Å²) < 4.78 is 43.1. The van der Waals surface area contributed by atoms with Gasteiger partial charge in [0.2, 0.25) is 0 Å². The number of rotatable bonds is 42. The van der Waals surface area contributed by atoms with E-state index in [1.54, 1.807) is 0 Å². The van der Waals surface area contributed by atoms with E-state index >= 15 is 0 Å². The van der Waals surface area contributed by atoms with Gasteiger partial charge in [-0.2, -0.15) is 0 Å². The quantitative estimate of drug-likeness (QED) is 0.0352. The van der Waals surface area contributed by atoms with Gasteiger partial charge in [-0.05, 0) is 38.5 Å². The van der Waals surface area contributed by atoms with Gasteiger partial charge in [0.05, 0.1) is 26.4 Å². The van der Waals surface area contributed by atoms with Gasteiger partial charge in [0, 0.05) is 12.8 Å². The minimum atomic E-state index is 0.121. The Kier molecular flexibility index (Phi) is 40.2. The molecule has 0 radical (unpaired) electrons. The van der Waals surface area contributed by atoms with Gasteiger partial charge in [0.15, 0.2) is 11.5 Å². The van der Waals surface area contributed by atoms with E-state index in [4.69, 9.17) is 33.2 Å². The molecule has 7 nitrogen and oxygen atoms in total. The average Bonchev–Trinajstić information content (AvgIpc) is 3.14. The summed E-state index contributed by atoms with van der Waals surface area (Å²) in [4.78, 5) is 0. The molecule has 0 heterocycles. The van der Waals surface area contributed by atoms with E-state index in [-0.39, 0.29) is 13.6 Å². The molecule has 0 aliphatic carbocycles. The molecule has 0 unspecified atom stereocenters. The molecule has 0 atom stereocenters. The zero-order chi connectivity index (χ0) is 37.3. The standard InChI is InChI=1S/C44H86O7/c1-7-13-19-23-27-33-48-41(31-17-11-5)43(50-35-29-25-21-15-9-3)37-45-39-47-40-46-38-44(51-36-30-26-22-16-10-4)42(32-18-12-6)49-34-28-24-20-14-8-2/h7-40H2,1-6H3. The van der Waals surface area contributed by atoms with Crippen molar-refractivity contribution >= 4 is 0 Å². The highest BCUT2D eigenvalue weighted by atomic mass is 16.7. The van der Waals surface area contributed by atoms with Gasteiger partial charge in [0.1, 0.15) is 38.3 Å². The molecule has 0 aliphatic heterocycles. The molecular formula is C44H86O7. The molecule has 304 valence electrons. The van der Waals surface area contributed by atoms with Crippen molar-refractivity contribution in [2.75, 3.05) is 53.2 Å². The lowest BCUT2D eigenvalue weighted by Gasteiger charge is -2.19. The summed E-state index contributed by atoms with van der Waals surface area (Å²) in [6.07, 6.45) is 30.3. The first-order chi connectivity index (χ1) is 25.2. The third-order valence-electron chi connectivity index (χ3n) is 9.03. The monoisotopic (exact) mass is 727 g/mol. The first kappa shape index (κ1) is 49.6. The molecule has 0 aromatic rings. The smallest absolute Gasteiger partial charge is 0.159 e. The molecule has 0 fully saturated rings. The minimum Gasteiger partial charge on any atom is -0.494 e. The third-order valence-corrected chi connectivity index (χ3v) is 9.03. The van der Waals surface area contributed by atoms with Crippen molar-refractivity contribution in [1.82, 2.24) is 0 Å². The van der Waals surface area contributed by atoms with E-state index in [2.05, 4.69) is 41.5 Å². The molecule has 0 amide bonds. The minimum absolute atomic E-state index is 0.121. The van der Waals surface area contributed by atoms with Crippen LogP contribution in [0.25, 0.3) is 0 Å². The van der Waals surface area contributed by atoms with Crippen LogP contribution < -0.4 is 0 Å². The summed E-state index contributed by atoms with van der Waals surface area (Å²) >= 11 is 0. The number of hydrogen-bond donors (Lipinski definition) is 0. The van der Waals surface area contributed by atoms with Gasteiger partial charge < -0.3 is 33.2 Å². The summed E-state index contributed by atoms with van der Waals surface area (Å²) in [6, 6.07) is 0. The normalized spacial score (nSPS) is 12.5. The number of unbranched alkanes of at least 4 members (excludes halogenated alkanes) is 18. The van der Waals surface area contributed by atoms with Crippen molar-refractivity contribution < 1.29 is 33.2 Å². The van der Waals surface area contributed by atoms with E-state index < -0.39 is 0 Å². The van der Waals surface area contributed by atoms with Crippen molar-refractivity contribution in [2.45, 2.75) is 208 Å². The van der Waals surface area contributed by atoms with Crippen LogP contribution in [0.15, 0.2) is 23.0 Å². The lowest BCUT2D eigenvalue weighted by atomic mass is 10.1. The molecule has 0 saturated carbocycles. The number of hydrogen-bond acceptors (Lipinski definition) is 7. The Hall–Kier alpha value is -1.44. The predicted octanol–water partition coefficient (Wildman–Crippen LogP) is 13.7. The predicted molar refractivity (Wildman–Crippen MR) is 215 cm³/mol. The molecule has 0 aromatic heterocycles. The fourth-order valence-electron chi connectivity index (χ4n) is 5.69. The molecule has 0 spiro atoms. The van der Waals surface area contributed by atoms with E-state index in [1.807, 2.05) is 0 Å². The van der Waals surface area contributed by atoms with E-state index in [9.17, 15) is 0 Å². The Morgan fingerprint density at radius 1 is 0.275 bits per heavy atom. The zero-order valence-corrected chi connectivity index (χ0v) is 34.9. The zero-order valence-electron chi connectivity index (χ0n) is 34.9. The summed E-state index contributed by atoms with van der Waals surface area (Å²) in [5.41, 5.74) is 0. The Balaban J connectivity index is 5.21. The van der Waals surface area contributed by atoms with Gasteiger partial charge in [-0.15, -0.1) is 0 Å². The molecule has 0 bridgehead atoms. The van der Waals surface area contributed by atoms with E-state index in [0.29, 0.717) is 26.4 Å². The first-order valence-electron chi connectivity index (χ1n) is 21.9. The third kappa shape index (κ3) is 32.9. The van der Waals surface area contributed by atoms with Gasteiger partial charge in [-0.3, -0.25) is 0 Å². The Labute approximate surface area is 317 Å². The molecule has 0 aromatic carbocycles. The SMILES string of the molecule is CCCCCCCOC(CCCC)=C(COCOCOCC(OCCCCCCC)=C(CCCC)OCCCCCCC)OCCCCCCC. The lowest BCUT2D eigenvalue weighted by molar-refractivity contribution is -0.132. The maximum atomic E-state index is 6.34. The van der Waals surface area contributed by atoms with Crippen LogP contribution in [0.4, 0.5) is 0 Å². The van der Waals surface area contributed by atoms with Crippen molar-refractivity contribution in [2.24, 2.45) is 0 Å². The highest BCUT2D eigenvalue weighted by molar-refractivity contribution is 5.03. The number of allylic oxidation sites excluding steroid dienone is 2. The van der Waals surface area contributed by atoms with Crippen molar-refractivity contribution in [3.63, 3.8) is 0 Å². The van der Waals surface area contributed by atoms with Gasteiger partial charge in [-0.25, -0.2) is 0 Å². The molecule has 7 heteroatoms. The fourth-order valence-corrected chi connectivity index (χ4v) is 5.69. The summed E-state index contributed by atoms with van der Waals surface area (Å²) in [5.74, 6) is 3.54. The van der Waals surface area contributed by atoms with Crippen LogP contribution in [-0.4, -0.2) is 53.2 Å². The van der Waals surface area contributed by atoms with Crippen LogP contribution >= 0.6 is 0 Å². The summed E-state index contributed by atoms with van der Waals surface area (Å²) in [7, 11) is 0. The maximum Gasteiger partial charge on any atom is 0.159 e. The fraction of sp³-hybridized carbons (Fsp3) is 0.909. The highest BCUT2D eigenvalue weighted by Gasteiger charge is 2.14. The molecule has 51 heavy (non-hydrogen) atoms. The average molecular weight is 727 g/mol. The molecule has 0 saturated heterocycles. The topological polar surface area (TPSA) is 64.6 Å². The second kappa shape index (κ2) is 41.3. The highest BCUT2D eigenvalue weighted by Crippen LogP contribution is 2.20. The Morgan fingerprint density at radius 3 is 0.843 bits per heavy atom. The second-order valence-corrected chi connectivity index (χ2v) is 14.1. The van der Waals surface area contributed by atoms with Crippen LogP contribution in [0.3, 0.4) is 0 Å². The van der Waals surface area contributed by atoms with Crippen LogP contribution in [0.1, 0.15) is 208 Å². The van der Waals surface area contributed by atoms with Gasteiger partial charge in [0.25, 0.3) is 0 Å². The summed E-state index contributed by atoms with van der Waals surface area (Å²) in [6.45, 7) is 17.2. The van der Waals surface area contributed by atoms with Crippen molar-refractivity contribution in [1.29, 1.82) is 0 Å². The van der Waals surface area contributed by atoms with E-state index in [0.717, 1.165) is 100 Å². The maximum absolute atomic E-state index is 6.34. The van der Waals surface area contributed by atoms with Crippen LogP contribution in [0, 0.1) is 0 Å². The number of ether oxygens (including phenoxy) is 7. The van der Waals surface area contributed by atoms with Gasteiger partial charge >= 0.3 is 0 Å². The second-order valence-electron chi connectivity index (χ2n) is 14.1. The largest absolute Gasteiger partial charge is 0.494 e. The van der Waals surface area contributed by atoms with Crippen molar-refractivity contribution in [3.8, 4) is 0 Å². The van der Waals surface area contributed by atoms with Gasteiger partial charge in [-0.1, -0.05) is 157 Å². The molecule has 0 aliphatic rings. The molecular weight excluding hydrogens is 640 g/mol. The molecule has 0 rings (SSSR count). The van der Waals surface area contributed by atoms with Crippen molar-refractivity contribution in [3.05, 3.63) is 23.0 Å². The van der Waals surface area contributed by atoms with Crippen LogP contribution in [0.5, 0.6) is 0 Å². The summed E-state index contributed by atoms with van der Waals surface area (Å²) in [5, 5.41) is 0. The Morgan fingerprint density at radius 2 is 0.549 bits per heavy atom.